The van der Waals surface area contributed by atoms with Gasteiger partial charge in [-0.05, 0) is 104 Å². The first-order valence-electron chi connectivity index (χ1n) is 10.6. The van der Waals surface area contributed by atoms with Gasteiger partial charge in [0, 0.05) is 6.07 Å². The molecular formula is C25H25ClF4. The van der Waals surface area contributed by atoms with Crippen LogP contribution in [0.25, 0.3) is 0 Å². The third-order valence-electron chi connectivity index (χ3n) is 6.99. The first-order chi connectivity index (χ1) is 14.4. The molecular weight excluding hydrogens is 412 g/mol. The fourth-order valence-corrected chi connectivity index (χ4v) is 5.88. The van der Waals surface area contributed by atoms with E-state index in [0.717, 1.165) is 43.7 Å². The Hall–Kier alpha value is -1.81. The molecule has 2 aliphatic rings. The van der Waals surface area contributed by atoms with Gasteiger partial charge in [-0.2, -0.15) is 0 Å². The fourth-order valence-electron chi connectivity index (χ4n) is 5.77. The highest BCUT2D eigenvalue weighted by atomic mass is 35.5. The molecule has 0 N–H and O–H groups in total. The van der Waals surface area contributed by atoms with Crippen molar-refractivity contribution in [3.05, 3.63) is 81.4 Å². The highest BCUT2D eigenvalue weighted by Gasteiger charge is 2.43. The van der Waals surface area contributed by atoms with Gasteiger partial charge in [0.25, 0.3) is 0 Å². The van der Waals surface area contributed by atoms with Crippen LogP contribution < -0.4 is 0 Å². The Morgan fingerprint density at radius 1 is 0.967 bits per heavy atom. The van der Waals surface area contributed by atoms with Crippen LogP contribution in [-0.2, 0) is 6.42 Å². The van der Waals surface area contributed by atoms with Crippen molar-refractivity contribution in [1.82, 2.24) is 0 Å². The third-order valence-corrected chi connectivity index (χ3v) is 7.35. The van der Waals surface area contributed by atoms with Gasteiger partial charge in [0.1, 0.15) is 28.3 Å². The Morgan fingerprint density at radius 2 is 1.70 bits per heavy atom. The number of hydrogen-bond donors (Lipinski definition) is 0. The van der Waals surface area contributed by atoms with Gasteiger partial charge < -0.3 is 0 Å². The molecule has 1 fully saturated rings. The molecule has 2 aromatic carbocycles. The van der Waals surface area contributed by atoms with Crippen LogP contribution in [0.5, 0.6) is 0 Å². The molecule has 0 aliphatic heterocycles. The van der Waals surface area contributed by atoms with Crippen LogP contribution in [0.15, 0.2) is 36.4 Å². The maximum atomic E-state index is 14.4. The first-order valence-corrected chi connectivity index (χ1v) is 11.0. The number of hydrogen-bond acceptors (Lipinski definition) is 0. The van der Waals surface area contributed by atoms with Crippen molar-refractivity contribution in [2.45, 2.75) is 57.3 Å². The van der Waals surface area contributed by atoms with E-state index in [1.54, 1.807) is 0 Å². The van der Waals surface area contributed by atoms with Gasteiger partial charge >= 0.3 is 0 Å². The summed E-state index contributed by atoms with van der Waals surface area (Å²) >= 11 is 5.72. The average Bonchev–Trinajstić information content (AvgIpc) is 2.71. The number of benzene rings is 2. The standard InChI is InChI=1S/C25H25ClF4/c1-2-3-4-5-14-6-7-17-19(9-8-18-20(17)12-16(27)13-21(18)28)24(14)15-10-22(29)25(26)23(30)11-15/h2-3,10-14,17,19,24H,4-9H2,1H3. The van der Waals surface area contributed by atoms with Gasteiger partial charge in [-0.15, -0.1) is 0 Å². The van der Waals surface area contributed by atoms with E-state index in [1.807, 2.05) is 13.0 Å². The van der Waals surface area contributed by atoms with E-state index in [-0.39, 0.29) is 23.7 Å². The Kier molecular flexibility index (Phi) is 6.24. The van der Waals surface area contributed by atoms with E-state index in [4.69, 9.17) is 11.6 Å². The molecule has 1 saturated carbocycles. The van der Waals surface area contributed by atoms with Crippen molar-refractivity contribution in [2.24, 2.45) is 11.8 Å². The van der Waals surface area contributed by atoms with Crippen molar-refractivity contribution in [1.29, 1.82) is 0 Å². The van der Waals surface area contributed by atoms with Crippen LogP contribution in [0.3, 0.4) is 0 Å². The Morgan fingerprint density at radius 3 is 2.40 bits per heavy atom. The maximum Gasteiger partial charge on any atom is 0.145 e. The van der Waals surface area contributed by atoms with Gasteiger partial charge in [0.15, 0.2) is 0 Å². The predicted octanol–water partition coefficient (Wildman–Crippen LogP) is 8.09. The average molecular weight is 437 g/mol. The summed E-state index contributed by atoms with van der Waals surface area (Å²) in [5, 5.41) is -0.491. The minimum absolute atomic E-state index is 0.0104. The summed E-state index contributed by atoms with van der Waals surface area (Å²) in [6.45, 7) is 1.97. The zero-order valence-electron chi connectivity index (χ0n) is 16.9. The highest BCUT2D eigenvalue weighted by Crippen LogP contribution is 2.55. The van der Waals surface area contributed by atoms with Crippen LogP contribution in [-0.4, -0.2) is 0 Å². The first kappa shape index (κ1) is 21.4. The number of allylic oxidation sites excluding steroid dienone is 2. The summed E-state index contributed by atoms with van der Waals surface area (Å²) in [5.41, 5.74) is 1.93. The lowest BCUT2D eigenvalue weighted by Crippen LogP contribution is -2.35. The lowest BCUT2D eigenvalue weighted by Gasteiger charge is -2.47. The van der Waals surface area contributed by atoms with Crippen LogP contribution >= 0.6 is 11.6 Å². The smallest absolute Gasteiger partial charge is 0.145 e. The predicted molar refractivity (Wildman–Crippen MR) is 112 cm³/mol. The van der Waals surface area contributed by atoms with Gasteiger partial charge in [-0.3, -0.25) is 0 Å². The number of halogens is 5. The Labute approximate surface area is 179 Å². The van der Waals surface area contributed by atoms with E-state index in [9.17, 15) is 17.6 Å². The summed E-state index contributed by atoms with van der Waals surface area (Å²) in [4.78, 5) is 0. The van der Waals surface area contributed by atoms with Gasteiger partial charge in [-0.25, -0.2) is 17.6 Å². The van der Waals surface area contributed by atoms with Gasteiger partial charge in [-0.1, -0.05) is 23.8 Å². The molecule has 4 unspecified atom stereocenters. The van der Waals surface area contributed by atoms with Gasteiger partial charge in [0.05, 0.1) is 0 Å². The second kappa shape index (κ2) is 8.74. The number of fused-ring (bicyclic) bond motifs is 3. The quantitative estimate of drug-likeness (QED) is 0.258. The zero-order valence-corrected chi connectivity index (χ0v) is 17.7. The molecule has 4 rings (SSSR count). The van der Waals surface area contributed by atoms with E-state index in [1.165, 1.54) is 18.2 Å². The monoisotopic (exact) mass is 436 g/mol. The number of rotatable bonds is 4. The maximum absolute atomic E-state index is 14.4. The van der Waals surface area contributed by atoms with E-state index in [2.05, 4.69) is 6.08 Å². The summed E-state index contributed by atoms with van der Waals surface area (Å²) in [7, 11) is 0. The molecule has 30 heavy (non-hydrogen) atoms. The Balaban J connectivity index is 1.76. The third kappa shape index (κ3) is 3.91. The van der Waals surface area contributed by atoms with Crippen molar-refractivity contribution in [3.8, 4) is 0 Å². The lowest BCUT2D eigenvalue weighted by molar-refractivity contribution is 0.160. The Bertz CT molecular complexity index is 945. The van der Waals surface area contributed by atoms with Crippen molar-refractivity contribution in [2.75, 3.05) is 0 Å². The van der Waals surface area contributed by atoms with Gasteiger partial charge in [0.2, 0.25) is 0 Å². The molecule has 4 atom stereocenters. The van der Waals surface area contributed by atoms with E-state index >= 15 is 0 Å². The van der Waals surface area contributed by atoms with Crippen molar-refractivity contribution >= 4 is 11.6 Å². The summed E-state index contributed by atoms with van der Waals surface area (Å²) in [6, 6.07) is 5.10. The second-order valence-corrected chi connectivity index (χ2v) is 8.95. The molecule has 0 amide bonds. The van der Waals surface area contributed by atoms with E-state index in [0.29, 0.717) is 17.5 Å². The minimum atomic E-state index is -0.755. The topological polar surface area (TPSA) is 0 Å². The molecule has 0 spiro atoms. The second-order valence-electron chi connectivity index (χ2n) is 8.57. The molecule has 0 heterocycles. The SMILES string of the molecule is CC=CCCC1CCC2c3cc(F)cc(F)c3CCC2C1c1cc(F)c(Cl)c(F)c1. The van der Waals surface area contributed by atoms with Crippen LogP contribution in [0, 0.1) is 35.1 Å². The molecule has 2 aromatic rings. The van der Waals surface area contributed by atoms with Crippen molar-refractivity contribution < 1.29 is 17.6 Å². The highest BCUT2D eigenvalue weighted by molar-refractivity contribution is 6.30. The largest absolute Gasteiger partial charge is 0.207 e. The summed E-state index contributed by atoms with van der Waals surface area (Å²) < 4.78 is 57.0. The zero-order chi connectivity index (χ0) is 21.4. The van der Waals surface area contributed by atoms with Crippen LogP contribution in [0.2, 0.25) is 5.02 Å². The summed E-state index contributed by atoms with van der Waals surface area (Å²) in [5.74, 6) is -2.31. The summed E-state index contributed by atoms with van der Waals surface area (Å²) in [6.07, 6.45) is 8.83. The van der Waals surface area contributed by atoms with Crippen molar-refractivity contribution in [3.63, 3.8) is 0 Å². The molecule has 0 saturated heterocycles. The molecule has 160 valence electrons. The normalized spacial score (nSPS) is 25.9. The molecule has 0 radical (unpaired) electrons. The lowest BCUT2D eigenvalue weighted by atomic mass is 9.57. The minimum Gasteiger partial charge on any atom is -0.207 e. The molecule has 0 bridgehead atoms. The molecule has 5 heteroatoms. The van der Waals surface area contributed by atoms with Crippen LogP contribution in [0.4, 0.5) is 17.6 Å². The van der Waals surface area contributed by atoms with Crippen LogP contribution in [0.1, 0.15) is 67.6 Å². The molecule has 0 aromatic heterocycles. The van der Waals surface area contributed by atoms with E-state index < -0.39 is 28.3 Å². The molecule has 2 aliphatic carbocycles. The molecule has 0 nitrogen and oxygen atoms in total. The fraction of sp³-hybridized carbons (Fsp3) is 0.440.